The Morgan fingerprint density at radius 1 is 1.15 bits per heavy atom. The van der Waals surface area contributed by atoms with Gasteiger partial charge in [-0.2, -0.15) is 18.3 Å². The van der Waals surface area contributed by atoms with Gasteiger partial charge in [-0.3, -0.25) is 19.3 Å². The molecule has 244 valence electrons. The summed E-state index contributed by atoms with van der Waals surface area (Å²) < 4.78 is 112. The molecule has 46 heavy (non-hydrogen) atoms. The van der Waals surface area contributed by atoms with E-state index in [0.717, 1.165) is 24.3 Å². The van der Waals surface area contributed by atoms with Crippen molar-refractivity contribution in [3.05, 3.63) is 106 Å². The second-order valence-corrected chi connectivity index (χ2v) is 10.5. The molecule has 0 radical (unpaired) electrons. The molecule has 1 aliphatic rings. The molecule has 2 aromatic carbocycles. The number of nitrogens with one attached hydrogen (secondary N) is 1. The van der Waals surface area contributed by atoms with Gasteiger partial charge in [0.15, 0.2) is 5.69 Å². The van der Waals surface area contributed by atoms with Crippen molar-refractivity contribution in [2.24, 2.45) is 10.7 Å². The van der Waals surface area contributed by atoms with Gasteiger partial charge in [-0.15, -0.1) is 0 Å². The summed E-state index contributed by atoms with van der Waals surface area (Å²) in [6.07, 6.45) is -5.21. The van der Waals surface area contributed by atoms with Gasteiger partial charge in [-0.25, -0.2) is 22.0 Å². The fourth-order valence-corrected chi connectivity index (χ4v) is 5.30. The number of hydrogen-bond acceptors (Lipinski definition) is 4. The van der Waals surface area contributed by atoms with E-state index in [2.05, 4.69) is 22.0 Å². The van der Waals surface area contributed by atoms with Gasteiger partial charge < -0.3 is 11.1 Å². The van der Waals surface area contributed by atoms with E-state index < -0.39 is 90.0 Å². The molecule has 0 fully saturated rings. The number of alkyl halides is 5. The first-order valence-electron chi connectivity index (χ1n) is 13.8. The van der Waals surface area contributed by atoms with E-state index in [0.29, 0.717) is 10.7 Å². The van der Waals surface area contributed by atoms with E-state index in [1.54, 1.807) is 0 Å². The summed E-state index contributed by atoms with van der Waals surface area (Å²) in [4.78, 5) is 29.5. The maximum absolute atomic E-state index is 14.3. The summed E-state index contributed by atoms with van der Waals surface area (Å²) in [7, 11) is 0. The van der Waals surface area contributed by atoms with Crippen LogP contribution in [0, 0.1) is 17.5 Å². The molecule has 0 aliphatic heterocycles. The Bertz CT molecular complexity index is 1720. The standard InChI is InChI=1S/C31H27F8N5O2/c1-3-20(17-5-6-23(34)21(12-17)29(40)46)27(41-4-2)24(11-16-9-18(32)13-19(33)10-16)42-26(45)15-44-25-7-8-30(35,36)14-22(25)28(43-44)31(37,38)39/h3-6,9-10,12-13,24H,1,7-8,11,14-15H2,2H3,(H2,40,46)(H,42,45)/b27-20+,41-4?/t24-/m0/s1. The SMILES string of the molecule is C=C/C(=C(\N=CC)[C@H](Cc1cc(F)cc(F)c1)NC(=O)Cn1nc(C(F)(F)F)c2c1CCC(F)(F)C2)c1ccc(F)c(C(N)=O)c1. The van der Waals surface area contributed by atoms with Crippen molar-refractivity contribution in [2.45, 2.75) is 57.3 Å². The Hall–Kier alpha value is -4.82. The van der Waals surface area contributed by atoms with Crippen LogP contribution in [0.5, 0.6) is 0 Å². The minimum absolute atomic E-state index is 0.00987. The van der Waals surface area contributed by atoms with Gasteiger partial charge in [0, 0.05) is 42.0 Å². The van der Waals surface area contributed by atoms with E-state index in [1.165, 1.54) is 25.3 Å². The van der Waals surface area contributed by atoms with Crippen LogP contribution in [0.25, 0.3) is 5.57 Å². The second-order valence-electron chi connectivity index (χ2n) is 10.5. The number of aromatic nitrogens is 2. The zero-order valence-corrected chi connectivity index (χ0v) is 24.2. The maximum Gasteiger partial charge on any atom is 0.435 e. The first kappa shape index (κ1) is 34.1. The Balaban J connectivity index is 1.80. The van der Waals surface area contributed by atoms with E-state index in [-0.39, 0.29) is 34.5 Å². The molecule has 1 aliphatic carbocycles. The Kier molecular flexibility index (Phi) is 9.82. The van der Waals surface area contributed by atoms with Gasteiger partial charge in [0.1, 0.15) is 24.0 Å². The number of carbonyl (C=O) groups is 2. The molecule has 4 rings (SSSR count). The van der Waals surface area contributed by atoms with Crippen LogP contribution < -0.4 is 11.1 Å². The third-order valence-corrected chi connectivity index (χ3v) is 7.21. The van der Waals surface area contributed by atoms with E-state index in [4.69, 9.17) is 5.73 Å². The molecule has 0 saturated carbocycles. The van der Waals surface area contributed by atoms with Gasteiger partial charge in [-0.1, -0.05) is 18.7 Å². The number of hydrogen-bond donors (Lipinski definition) is 2. The van der Waals surface area contributed by atoms with Crippen LogP contribution >= 0.6 is 0 Å². The molecule has 0 unspecified atom stereocenters. The third-order valence-electron chi connectivity index (χ3n) is 7.21. The molecule has 7 nitrogen and oxygen atoms in total. The second kappa shape index (κ2) is 13.3. The lowest BCUT2D eigenvalue weighted by molar-refractivity contribution is -0.143. The number of amides is 2. The van der Waals surface area contributed by atoms with E-state index in [9.17, 15) is 44.7 Å². The fraction of sp³-hybridized carbons (Fsp3) is 0.290. The topological polar surface area (TPSA) is 102 Å². The number of nitrogens with two attached hydrogens (primary N) is 1. The van der Waals surface area contributed by atoms with Crippen molar-refractivity contribution in [2.75, 3.05) is 0 Å². The van der Waals surface area contributed by atoms with E-state index >= 15 is 0 Å². The van der Waals surface area contributed by atoms with Crippen LogP contribution in [-0.2, 0) is 36.8 Å². The molecule has 3 aromatic rings. The number of rotatable bonds is 10. The van der Waals surface area contributed by atoms with Crippen LogP contribution in [0.3, 0.4) is 0 Å². The smallest absolute Gasteiger partial charge is 0.366 e. The van der Waals surface area contributed by atoms with Crippen LogP contribution in [-0.4, -0.2) is 39.8 Å². The molecule has 1 heterocycles. The Morgan fingerprint density at radius 3 is 2.41 bits per heavy atom. The average molecular weight is 654 g/mol. The van der Waals surface area contributed by atoms with Crippen molar-refractivity contribution in [3.8, 4) is 0 Å². The monoisotopic (exact) mass is 653 g/mol. The summed E-state index contributed by atoms with van der Waals surface area (Å²) in [6.45, 7) is 4.41. The fourth-order valence-electron chi connectivity index (χ4n) is 5.30. The largest absolute Gasteiger partial charge is 0.435 e. The highest BCUT2D eigenvalue weighted by Gasteiger charge is 2.45. The van der Waals surface area contributed by atoms with Gasteiger partial charge in [0.05, 0.1) is 17.3 Å². The van der Waals surface area contributed by atoms with Crippen molar-refractivity contribution in [1.82, 2.24) is 15.1 Å². The highest BCUT2D eigenvalue weighted by molar-refractivity contribution is 5.94. The first-order valence-corrected chi connectivity index (χ1v) is 13.8. The molecular weight excluding hydrogens is 626 g/mol. The van der Waals surface area contributed by atoms with E-state index in [1.807, 2.05) is 0 Å². The summed E-state index contributed by atoms with van der Waals surface area (Å²) in [5.41, 5.74) is 2.79. The first-order chi connectivity index (χ1) is 21.5. The van der Waals surface area contributed by atoms with Gasteiger partial charge in [0.25, 0.3) is 11.8 Å². The zero-order valence-electron chi connectivity index (χ0n) is 24.2. The molecule has 1 aromatic heterocycles. The Labute approximate surface area is 257 Å². The van der Waals surface area contributed by atoms with Crippen molar-refractivity contribution >= 4 is 23.6 Å². The molecule has 1 atom stereocenters. The molecule has 0 spiro atoms. The number of nitrogens with zero attached hydrogens (tertiary/aromatic N) is 3. The minimum atomic E-state index is -5.06. The highest BCUT2D eigenvalue weighted by atomic mass is 19.4. The maximum atomic E-state index is 14.3. The predicted molar refractivity (Wildman–Crippen MR) is 152 cm³/mol. The summed E-state index contributed by atoms with van der Waals surface area (Å²) in [5, 5.41) is 6.04. The van der Waals surface area contributed by atoms with Crippen molar-refractivity contribution in [3.63, 3.8) is 0 Å². The van der Waals surface area contributed by atoms with Crippen LogP contribution in [0.2, 0.25) is 0 Å². The predicted octanol–water partition coefficient (Wildman–Crippen LogP) is 5.96. The highest BCUT2D eigenvalue weighted by Crippen LogP contribution is 2.40. The lowest BCUT2D eigenvalue weighted by atomic mass is 9.92. The average Bonchev–Trinajstić information content (AvgIpc) is 3.29. The number of fused-ring (bicyclic) bond motifs is 1. The van der Waals surface area contributed by atoms with Crippen molar-refractivity contribution in [1.29, 1.82) is 0 Å². The number of primary amides is 1. The van der Waals surface area contributed by atoms with Gasteiger partial charge in [0.2, 0.25) is 5.91 Å². The molecule has 0 bridgehead atoms. The molecule has 3 N–H and O–H groups in total. The summed E-state index contributed by atoms with van der Waals surface area (Å²) >= 11 is 0. The number of carbonyl (C=O) groups excluding carboxylic acids is 2. The summed E-state index contributed by atoms with van der Waals surface area (Å²) in [5.74, 6) is -8.19. The van der Waals surface area contributed by atoms with Gasteiger partial charge >= 0.3 is 6.18 Å². The number of benzene rings is 2. The molecular formula is C31H27F8N5O2. The minimum Gasteiger partial charge on any atom is -0.366 e. The van der Waals surface area contributed by atoms with Crippen LogP contribution in [0.1, 0.15) is 51.8 Å². The quantitative estimate of drug-likeness (QED) is 0.161. The zero-order chi connectivity index (χ0) is 34.0. The molecule has 15 heteroatoms. The normalized spacial score (nSPS) is 15.7. The van der Waals surface area contributed by atoms with Gasteiger partial charge in [-0.05, 0) is 55.2 Å². The summed E-state index contributed by atoms with van der Waals surface area (Å²) in [6, 6.07) is 4.71. The lowest BCUT2D eigenvalue weighted by Crippen LogP contribution is -2.40. The molecule has 0 saturated heterocycles. The number of halogens is 8. The third kappa shape index (κ3) is 7.69. The number of aliphatic imine (C=N–C) groups is 1. The lowest BCUT2D eigenvalue weighted by Gasteiger charge is -2.24. The van der Waals surface area contributed by atoms with Crippen LogP contribution in [0.4, 0.5) is 35.1 Å². The Morgan fingerprint density at radius 2 is 1.83 bits per heavy atom. The van der Waals surface area contributed by atoms with Crippen LogP contribution in [0.15, 0.2) is 59.7 Å². The number of allylic oxidation sites excluding steroid dienone is 2. The van der Waals surface area contributed by atoms with Crippen molar-refractivity contribution < 1.29 is 44.7 Å². The molecule has 2 amide bonds.